The van der Waals surface area contributed by atoms with Crippen LogP contribution in [0, 0.1) is 11.6 Å². The topological polar surface area (TPSA) is 24.5 Å². The highest BCUT2D eigenvalue weighted by molar-refractivity contribution is 6.30. The van der Waals surface area contributed by atoms with Gasteiger partial charge in [0.25, 0.3) is 0 Å². The maximum atomic E-state index is 13.6. The molecule has 0 aliphatic rings. The van der Waals surface area contributed by atoms with Crippen molar-refractivity contribution >= 4 is 11.6 Å². The van der Waals surface area contributed by atoms with Crippen molar-refractivity contribution in [2.75, 3.05) is 40.4 Å². The van der Waals surface area contributed by atoms with Gasteiger partial charge in [0.1, 0.15) is 11.6 Å². The van der Waals surface area contributed by atoms with Gasteiger partial charge in [0, 0.05) is 38.9 Å². The van der Waals surface area contributed by atoms with Crippen molar-refractivity contribution in [3.05, 3.63) is 34.4 Å². The molecule has 0 saturated carbocycles. The van der Waals surface area contributed by atoms with Crippen LogP contribution in [-0.2, 0) is 11.3 Å². The molecule has 3 nitrogen and oxygen atoms in total. The number of likely N-dealkylation sites (N-methyl/N-ethyl adjacent to an activating group) is 1. The first-order valence-corrected chi connectivity index (χ1v) is 6.44. The van der Waals surface area contributed by atoms with Crippen LogP contribution in [0.5, 0.6) is 0 Å². The van der Waals surface area contributed by atoms with E-state index in [0.29, 0.717) is 18.7 Å². The molecule has 0 aliphatic heterocycles. The lowest BCUT2D eigenvalue weighted by Crippen LogP contribution is -2.30. The van der Waals surface area contributed by atoms with Gasteiger partial charge < -0.3 is 15.0 Å². The van der Waals surface area contributed by atoms with Crippen molar-refractivity contribution in [1.29, 1.82) is 0 Å². The predicted octanol–water partition coefficient (Wildman–Crippen LogP) is 2.29. The van der Waals surface area contributed by atoms with E-state index in [-0.39, 0.29) is 5.02 Å². The Morgan fingerprint density at radius 3 is 2.68 bits per heavy atom. The standard InChI is InChI=1S/C13H19ClF2N2O/c1-18(5-3-17-4-6-19-2)9-10-7-13(16)11(14)8-12(10)15/h7-8,17H,3-6,9H2,1-2H3. The molecule has 6 heteroatoms. The van der Waals surface area contributed by atoms with Crippen molar-refractivity contribution in [2.45, 2.75) is 6.54 Å². The van der Waals surface area contributed by atoms with E-state index >= 15 is 0 Å². The molecule has 0 spiro atoms. The highest BCUT2D eigenvalue weighted by Gasteiger charge is 2.10. The fraction of sp³-hybridized carbons (Fsp3) is 0.538. The summed E-state index contributed by atoms with van der Waals surface area (Å²) in [4.78, 5) is 1.91. The number of nitrogens with one attached hydrogen (secondary N) is 1. The summed E-state index contributed by atoms with van der Waals surface area (Å²) in [6, 6.07) is 2.16. The molecule has 0 aromatic heterocycles. The summed E-state index contributed by atoms with van der Waals surface area (Å²) in [5.74, 6) is -1.07. The second kappa shape index (κ2) is 8.43. The van der Waals surface area contributed by atoms with E-state index < -0.39 is 11.6 Å². The van der Waals surface area contributed by atoms with Gasteiger partial charge in [-0.25, -0.2) is 8.78 Å². The summed E-state index contributed by atoms with van der Waals surface area (Å²) in [7, 11) is 3.50. The minimum Gasteiger partial charge on any atom is -0.383 e. The van der Waals surface area contributed by atoms with Crippen molar-refractivity contribution < 1.29 is 13.5 Å². The molecular weight excluding hydrogens is 274 g/mol. The zero-order chi connectivity index (χ0) is 14.3. The molecular formula is C13H19ClF2N2O. The normalized spacial score (nSPS) is 11.3. The van der Waals surface area contributed by atoms with Crippen LogP contribution in [-0.4, -0.2) is 45.3 Å². The predicted molar refractivity (Wildman–Crippen MR) is 72.4 cm³/mol. The average molecular weight is 293 g/mol. The Kier molecular flexibility index (Phi) is 7.23. The fourth-order valence-corrected chi connectivity index (χ4v) is 1.77. The van der Waals surface area contributed by atoms with Gasteiger partial charge in [-0.15, -0.1) is 0 Å². The van der Waals surface area contributed by atoms with Crippen LogP contribution in [0.3, 0.4) is 0 Å². The zero-order valence-electron chi connectivity index (χ0n) is 11.2. The Balaban J connectivity index is 2.40. The SMILES string of the molecule is COCCNCCN(C)Cc1cc(F)c(Cl)cc1F. The van der Waals surface area contributed by atoms with Crippen molar-refractivity contribution in [1.82, 2.24) is 10.2 Å². The first-order chi connectivity index (χ1) is 9.04. The fourth-order valence-electron chi connectivity index (χ4n) is 1.62. The van der Waals surface area contributed by atoms with Gasteiger partial charge in [-0.3, -0.25) is 0 Å². The van der Waals surface area contributed by atoms with Gasteiger partial charge in [-0.1, -0.05) is 11.6 Å². The molecule has 0 heterocycles. The summed E-state index contributed by atoms with van der Waals surface area (Å²) in [6.45, 7) is 3.26. The van der Waals surface area contributed by atoms with E-state index in [0.717, 1.165) is 31.8 Å². The molecule has 0 radical (unpaired) electrons. The first-order valence-electron chi connectivity index (χ1n) is 6.06. The number of methoxy groups -OCH3 is 1. The number of rotatable bonds is 8. The molecule has 0 bridgehead atoms. The molecule has 1 N–H and O–H groups in total. The summed E-state index contributed by atoms with van der Waals surface area (Å²) in [5, 5.41) is 2.99. The number of hydrogen-bond acceptors (Lipinski definition) is 3. The summed E-state index contributed by atoms with van der Waals surface area (Å²) in [6.07, 6.45) is 0. The van der Waals surface area contributed by atoms with E-state index in [1.54, 1.807) is 7.11 Å². The van der Waals surface area contributed by atoms with Crippen molar-refractivity contribution in [2.24, 2.45) is 0 Å². The second-order valence-corrected chi connectivity index (χ2v) is 4.75. The molecule has 0 unspecified atom stereocenters. The minimum atomic E-state index is -0.593. The van der Waals surface area contributed by atoms with Crippen molar-refractivity contribution in [3.63, 3.8) is 0 Å². The number of hydrogen-bond donors (Lipinski definition) is 1. The Labute approximate surface area is 117 Å². The summed E-state index contributed by atoms with van der Waals surface area (Å²) >= 11 is 5.50. The van der Waals surface area contributed by atoms with Crippen LogP contribution in [0.1, 0.15) is 5.56 Å². The van der Waals surface area contributed by atoms with Gasteiger partial charge in [-0.05, 0) is 19.2 Å². The third-order valence-corrected chi connectivity index (χ3v) is 2.97. The Morgan fingerprint density at radius 2 is 2.00 bits per heavy atom. The van der Waals surface area contributed by atoms with E-state index in [1.807, 2.05) is 11.9 Å². The van der Waals surface area contributed by atoms with Gasteiger partial charge in [0.05, 0.1) is 11.6 Å². The molecule has 0 fully saturated rings. The highest BCUT2D eigenvalue weighted by atomic mass is 35.5. The first kappa shape index (κ1) is 16.3. The van der Waals surface area contributed by atoms with E-state index in [4.69, 9.17) is 16.3 Å². The largest absolute Gasteiger partial charge is 0.383 e. The van der Waals surface area contributed by atoms with E-state index in [2.05, 4.69) is 5.32 Å². The average Bonchev–Trinajstić information content (AvgIpc) is 2.35. The molecule has 1 aromatic carbocycles. The maximum absolute atomic E-state index is 13.6. The number of nitrogens with zero attached hydrogens (tertiary/aromatic N) is 1. The lowest BCUT2D eigenvalue weighted by atomic mass is 10.2. The molecule has 0 saturated heterocycles. The van der Waals surface area contributed by atoms with Gasteiger partial charge >= 0.3 is 0 Å². The van der Waals surface area contributed by atoms with Gasteiger partial charge in [0.15, 0.2) is 0 Å². The monoisotopic (exact) mass is 292 g/mol. The van der Waals surface area contributed by atoms with Gasteiger partial charge in [-0.2, -0.15) is 0 Å². The van der Waals surface area contributed by atoms with Crippen LogP contribution in [0.4, 0.5) is 8.78 Å². The second-order valence-electron chi connectivity index (χ2n) is 4.34. The van der Waals surface area contributed by atoms with E-state index in [9.17, 15) is 8.78 Å². The molecule has 0 aliphatic carbocycles. The smallest absolute Gasteiger partial charge is 0.142 e. The van der Waals surface area contributed by atoms with Crippen LogP contribution >= 0.6 is 11.6 Å². The molecule has 1 rings (SSSR count). The third kappa shape index (κ3) is 5.82. The van der Waals surface area contributed by atoms with Crippen LogP contribution in [0.2, 0.25) is 5.02 Å². The Morgan fingerprint density at radius 1 is 1.26 bits per heavy atom. The van der Waals surface area contributed by atoms with Crippen LogP contribution in [0.15, 0.2) is 12.1 Å². The van der Waals surface area contributed by atoms with Crippen molar-refractivity contribution in [3.8, 4) is 0 Å². The molecule has 19 heavy (non-hydrogen) atoms. The van der Waals surface area contributed by atoms with Crippen LogP contribution < -0.4 is 5.32 Å². The van der Waals surface area contributed by atoms with Crippen LogP contribution in [0.25, 0.3) is 0 Å². The summed E-state index contributed by atoms with van der Waals surface area (Å²) in [5.41, 5.74) is 0.307. The molecule has 108 valence electrons. The third-order valence-electron chi connectivity index (χ3n) is 2.68. The van der Waals surface area contributed by atoms with Gasteiger partial charge in [0.2, 0.25) is 0 Å². The number of halogens is 3. The lowest BCUT2D eigenvalue weighted by molar-refractivity contribution is 0.197. The zero-order valence-corrected chi connectivity index (χ0v) is 11.9. The maximum Gasteiger partial charge on any atom is 0.142 e. The van der Waals surface area contributed by atoms with E-state index in [1.165, 1.54) is 0 Å². The highest BCUT2D eigenvalue weighted by Crippen LogP contribution is 2.20. The molecule has 1 aromatic rings. The number of benzene rings is 1. The Bertz CT molecular complexity index is 404. The minimum absolute atomic E-state index is 0.190. The number of ether oxygens (including phenoxy) is 1. The quantitative estimate of drug-likeness (QED) is 0.588. The Hall–Kier alpha value is -0.750. The molecule has 0 atom stereocenters. The lowest BCUT2D eigenvalue weighted by Gasteiger charge is -2.17. The summed E-state index contributed by atoms with van der Waals surface area (Å²) < 4.78 is 31.7. The molecule has 0 amide bonds.